The summed E-state index contributed by atoms with van der Waals surface area (Å²) in [4.78, 5) is 2.28. The number of rotatable bonds is 9. The molecule has 3 nitrogen and oxygen atoms in total. The molecule has 0 spiro atoms. The second-order valence-corrected chi connectivity index (χ2v) is 5.75. The molecule has 0 atom stereocenters. The molecule has 114 valence electrons. The Morgan fingerprint density at radius 2 is 2.10 bits per heavy atom. The second-order valence-electron chi connectivity index (χ2n) is 5.34. The van der Waals surface area contributed by atoms with Crippen molar-refractivity contribution in [3.8, 4) is 0 Å². The number of anilines is 1. The summed E-state index contributed by atoms with van der Waals surface area (Å²) >= 11 is 6.41. The summed E-state index contributed by atoms with van der Waals surface area (Å²) in [5, 5.41) is 4.30. The summed E-state index contributed by atoms with van der Waals surface area (Å²) in [6, 6.07) is 6.12. The summed E-state index contributed by atoms with van der Waals surface area (Å²) in [7, 11) is 1.73. The third-order valence-electron chi connectivity index (χ3n) is 3.20. The van der Waals surface area contributed by atoms with Crippen LogP contribution in [0.1, 0.15) is 26.3 Å². The lowest BCUT2D eigenvalue weighted by Gasteiger charge is -2.27. The Balaban J connectivity index is 2.85. The van der Waals surface area contributed by atoms with Gasteiger partial charge < -0.3 is 15.0 Å². The number of likely N-dealkylation sites (N-methyl/N-ethyl adjacent to an activating group) is 1. The van der Waals surface area contributed by atoms with E-state index < -0.39 is 0 Å². The highest BCUT2D eigenvalue weighted by atomic mass is 35.5. The van der Waals surface area contributed by atoms with Crippen LogP contribution in [-0.2, 0) is 11.3 Å². The summed E-state index contributed by atoms with van der Waals surface area (Å²) < 4.78 is 5.19. The lowest BCUT2D eigenvalue weighted by Crippen LogP contribution is -2.29. The van der Waals surface area contributed by atoms with Crippen LogP contribution in [0.5, 0.6) is 0 Å². The molecule has 1 rings (SSSR count). The van der Waals surface area contributed by atoms with Crippen LogP contribution in [0.15, 0.2) is 18.2 Å². The first-order valence-corrected chi connectivity index (χ1v) is 7.69. The van der Waals surface area contributed by atoms with E-state index in [1.165, 1.54) is 5.56 Å². The molecule has 0 radical (unpaired) electrons. The number of nitrogens with one attached hydrogen (secondary N) is 1. The highest BCUT2D eigenvalue weighted by Gasteiger charge is 2.13. The van der Waals surface area contributed by atoms with Gasteiger partial charge in [-0.1, -0.05) is 37.6 Å². The minimum absolute atomic E-state index is 0.647. The monoisotopic (exact) mass is 298 g/mol. The van der Waals surface area contributed by atoms with E-state index in [1.54, 1.807) is 7.11 Å². The molecule has 20 heavy (non-hydrogen) atoms. The maximum absolute atomic E-state index is 6.41. The first-order chi connectivity index (χ1) is 9.60. The molecular weight excluding hydrogens is 272 g/mol. The van der Waals surface area contributed by atoms with Gasteiger partial charge in [-0.3, -0.25) is 0 Å². The third-order valence-corrected chi connectivity index (χ3v) is 3.51. The van der Waals surface area contributed by atoms with E-state index >= 15 is 0 Å². The molecule has 4 heteroatoms. The second kappa shape index (κ2) is 9.22. The van der Waals surface area contributed by atoms with Crippen molar-refractivity contribution in [2.45, 2.75) is 27.3 Å². The maximum Gasteiger partial charge on any atom is 0.0642 e. The van der Waals surface area contributed by atoms with Crippen LogP contribution in [0.4, 0.5) is 5.69 Å². The van der Waals surface area contributed by atoms with Gasteiger partial charge in [0, 0.05) is 26.7 Å². The van der Waals surface area contributed by atoms with Crippen LogP contribution >= 0.6 is 11.6 Å². The molecule has 1 aromatic rings. The molecule has 0 saturated carbocycles. The fraction of sp³-hybridized carbons (Fsp3) is 0.625. The predicted octanol–water partition coefficient (Wildman–Crippen LogP) is 3.56. The molecule has 0 aliphatic carbocycles. The zero-order valence-electron chi connectivity index (χ0n) is 13.1. The predicted molar refractivity (Wildman–Crippen MR) is 87.8 cm³/mol. The van der Waals surface area contributed by atoms with Crippen molar-refractivity contribution in [1.29, 1.82) is 0 Å². The molecule has 0 aromatic heterocycles. The van der Waals surface area contributed by atoms with Gasteiger partial charge in [0.05, 0.1) is 17.3 Å². The van der Waals surface area contributed by atoms with E-state index in [4.69, 9.17) is 16.3 Å². The van der Waals surface area contributed by atoms with Gasteiger partial charge in [-0.25, -0.2) is 0 Å². The zero-order valence-corrected chi connectivity index (χ0v) is 13.8. The largest absolute Gasteiger partial charge is 0.383 e. The minimum atomic E-state index is 0.647. The van der Waals surface area contributed by atoms with Crippen LogP contribution in [0, 0.1) is 5.92 Å². The molecule has 0 bridgehead atoms. The van der Waals surface area contributed by atoms with Gasteiger partial charge in [0.15, 0.2) is 0 Å². The Labute approximate surface area is 128 Å². The Hall–Kier alpha value is -0.770. The highest BCUT2D eigenvalue weighted by Crippen LogP contribution is 2.29. The van der Waals surface area contributed by atoms with Crippen LogP contribution in [0.25, 0.3) is 0 Å². The standard InChI is InChI=1S/C16H27ClN2O/c1-5-19(9-10-20-4)16-14(7-6-8-15(16)17)12-18-11-13(2)3/h6-8,13,18H,5,9-12H2,1-4H3. The van der Waals surface area contributed by atoms with Gasteiger partial charge in [0.2, 0.25) is 0 Å². The first-order valence-electron chi connectivity index (χ1n) is 7.32. The molecule has 0 fully saturated rings. The molecule has 0 heterocycles. The van der Waals surface area contributed by atoms with E-state index in [1.807, 2.05) is 12.1 Å². The summed E-state index contributed by atoms with van der Waals surface area (Å²) in [6.07, 6.45) is 0. The first kappa shape index (κ1) is 17.3. The fourth-order valence-corrected chi connectivity index (χ4v) is 2.50. The molecular formula is C16H27ClN2O. The van der Waals surface area contributed by atoms with E-state index in [-0.39, 0.29) is 0 Å². The van der Waals surface area contributed by atoms with Crippen molar-refractivity contribution >= 4 is 17.3 Å². The average molecular weight is 299 g/mol. The van der Waals surface area contributed by atoms with Crippen molar-refractivity contribution in [2.24, 2.45) is 5.92 Å². The van der Waals surface area contributed by atoms with E-state index in [9.17, 15) is 0 Å². The molecule has 0 amide bonds. The van der Waals surface area contributed by atoms with Crippen molar-refractivity contribution in [3.63, 3.8) is 0 Å². The molecule has 0 saturated heterocycles. The van der Waals surface area contributed by atoms with Crippen LogP contribution in [-0.4, -0.2) is 33.4 Å². The number of hydrogen-bond donors (Lipinski definition) is 1. The van der Waals surface area contributed by atoms with Gasteiger partial charge >= 0.3 is 0 Å². The molecule has 0 aliphatic heterocycles. The molecule has 0 aliphatic rings. The Morgan fingerprint density at radius 1 is 1.35 bits per heavy atom. The van der Waals surface area contributed by atoms with E-state index in [2.05, 4.69) is 37.1 Å². The zero-order chi connectivity index (χ0) is 15.0. The number of benzene rings is 1. The number of methoxy groups -OCH3 is 1. The third kappa shape index (κ3) is 5.31. The average Bonchev–Trinajstić information content (AvgIpc) is 2.41. The van der Waals surface area contributed by atoms with E-state index in [0.29, 0.717) is 12.5 Å². The van der Waals surface area contributed by atoms with Gasteiger partial charge in [0.1, 0.15) is 0 Å². The Kier molecular flexibility index (Phi) is 7.97. The Bertz CT molecular complexity index is 396. The van der Waals surface area contributed by atoms with Crippen molar-refractivity contribution in [2.75, 3.05) is 38.3 Å². The van der Waals surface area contributed by atoms with Gasteiger partial charge in [-0.05, 0) is 31.0 Å². The molecule has 1 N–H and O–H groups in total. The normalized spacial score (nSPS) is 11.1. The summed E-state index contributed by atoms with van der Waals surface area (Å²) in [5.74, 6) is 0.647. The molecule has 1 aromatic carbocycles. The Morgan fingerprint density at radius 3 is 2.70 bits per heavy atom. The van der Waals surface area contributed by atoms with Gasteiger partial charge in [-0.2, -0.15) is 0 Å². The minimum Gasteiger partial charge on any atom is -0.383 e. The van der Waals surface area contributed by atoms with Gasteiger partial charge in [-0.15, -0.1) is 0 Å². The highest BCUT2D eigenvalue weighted by molar-refractivity contribution is 6.33. The number of para-hydroxylation sites is 1. The van der Waals surface area contributed by atoms with Gasteiger partial charge in [0.25, 0.3) is 0 Å². The lowest BCUT2D eigenvalue weighted by atomic mass is 10.1. The smallest absolute Gasteiger partial charge is 0.0642 e. The summed E-state index contributed by atoms with van der Waals surface area (Å²) in [5.41, 5.74) is 2.38. The quantitative estimate of drug-likeness (QED) is 0.754. The SMILES string of the molecule is CCN(CCOC)c1c(Cl)cccc1CNCC(C)C. The number of hydrogen-bond acceptors (Lipinski definition) is 3. The molecule has 0 unspecified atom stereocenters. The number of ether oxygens (including phenoxy) is 1. The number of halogens is 1. The van der Waals surface area contributed by atoms with Crippen LogP contribution in [0.3, 0.4) is 0 Å². The topological polar surface area (TPSA) is 24.5 Å². The summed E-state index contributed by atoms with van der Waals surface area (Å²) in [6.45, 7) is 10.9. The van der Waals surface area contributed by atoms with Crippen LogP contribution < -0.4 is 10.2 Å². The lowest BCUT2D eigenvalue weighted by molar-refractivity contribution is 0.205. The maximum atomic E-state index is 6.41. The van der Waals surface area contributed by atoms with Crippen molar-refractivity contribution in [3.05, 3.63) is 28.8 Å². The van der Waals surface area contributed by atoms with Crippen molar-refractivity contribution < 1.29 is 4.74 Å². The fourth-order valence-electron chi connectivity index (χ4n) is 2.18. The van der Waals surface area contributed by atoms with E-state index in [0.717, 1.165) is 36.9 Å². The number of nitrogens with zero attached hydrogens (tertiary/aromatic N) is 1. The van der Waals surface area contributed by atoms with Crippen LogP contribution in [0.2, 0.25) is 5.02 Å². The van der Waals surface area contributed by atoms with Crippen molar-refractivity contribution in [1.82, 2.24) is 5.32 Å².